The Morgan fingerprint density at radius 1 is 1.33 bits per heavy atom. The highest BCUT2D eigenvalue weighted by Crippen LogP contribution is 2.18. The molecule has 5 heteroatoms. The zero-order valence-corrected chi connectivity index (χ0v) is 10.4. The van der Waals surface area contributed by atoms with Crippen molar-refractivity contribution in [3.8, 4) is 11.5 Å². The molecule has 5 nitrogen and oxygen atoms in total. The van der Waals surface area contributed by atoms with Crippen LogP contribution in [0.4, 0.5) is 0 Å². The number of nitrogens with zero attached hydrogens (tertiary/aromatic N) is 1. The molecule has 0 aliphatic carbocycles. The number of rotatable bonds is 4. The highest BCUT2D eigenvalue weighted by Gasteiger charge is 2.17. The second-order valence-electron chi connectivity index (χ2n) is 3.96. The van der Waals surface area contributed by atoms with Gasteiger partial charge in [-0.15, -0.1) is 0 Å². The minimum atomic E-state index is -0.0129. The predicted molar refractivity (Wildman–Crippen MR) is 65.9 cm³/mol. The van der Waals surface area contributed by atoms with Gasteiger partial charge in [0.1, 0.15) is 11.5 Å². The van der Waals surface area contributed by atoms with Crippen LogP contribution in [-0.4, -0.2) is 50.8 Å². The van der Waals surface area contributed by atoms with Crippen LogP contribution in [0.5, 0.6) is 11.5 Å². The molecule has 1 fully saturated rings. The maximum atomic E-state index is 11.8. The van der Waals surface area contributed by atoms with Gasteiger partial charge in [-0.1, -0.05) is 6.07 Å². The Labute approximate surface area is 106 Å². The lowest BCUT2D eigenvalue weighted by molar-refractivity contribution is -0.137. The summed E-state index contributed by atoms with van der Waals surface area (Å²) in [6.07, 6.45) is 0. The average Bonchev–Trinajstić information content (AvgIpc) is 2.46. The molecule has 2 rings (SSSR count). The summed E-state index contributed by atoms with van der Waals surface area (Å²) in [5.74, 6) is 1.34. The molecule has 1 amide bonds. The highest BCUT2D eigenvalue weighted by atomic mass is 16.5. The monoisotopic (exact) mass is 251 g/mol. The average molecular weight is 251 g/mol. The van der Waals surface area contributed by atoms with Crippen LogP contribution >= 0.6 is 0 Å². The number of morpholine rings is 1. The molecule has 1 aliphatic rings. The third kappa shape index (κ3) is 3.37. The van der Waals surface area contributed by atoms with E-state index in [1.54, 1.807) is 24.1 Å². The molecule has 1 aromatic carbocycles. The first-order valence-electron chi connectivity index (χ1n) is 5.92. The lowest BCUT2D eigenvalue weighted by atomic mass is 10.3. The van der Waals surface area contributed by atoms with Crippen molar-refractivity contribution in [1.82, 2.24) is 4.90 Å². The maximum absolute atomic E-state index is 11.8. The molecule has 0 bridgehead atoms. The van der Waals surface area contributed by atoms with Crippen molar-refractivity contribution in [2.24, 2.45) is 0 Å². The van der Waals surface area contributed by atoms with Crippen molar-refractivity contribution in [3.05, 3.63) is 24.3 Å². The second-order valence-corrected chi connectivity index (χ2v) is 3.96. The fourth-order valence-corrected chi connectivity index (χ4v) is 1.74. The van der Waals surface area contributed by atoms with E-state index in [0.29, 0.717) is 37.8 Å². The van der Waals surface area contributed by atoms with E-state index in [4.69, 9.17) is 14.2 Å². The Hall–Kier alpha value is -1.75. The molecule has 1 aromatic rings. The Morgan fingerprint density at radius 2 is 2.06 bits per heavy atom. The molecule has 0 unspecified atom stereocenters. The number of hydrogen-bond donors (Lipinski definition) is 0. The summed E-state index contributed by atoms with van der Waals surface area (Å²) in [5.41, 5.74) is 0. The Balaban J connectivity index is 1.84. The minimum Gasteiger partial charge on any atom is -0.497 e. The first-order valence-corrected chi connectivity index (χ1v) is 5.92. The fraction of sp³-hybridized carbons (Fsp3) is 0.462. The predicted octanol–water partition coefficient (Wildman–Crippen LogP) is 0.933. The smallest absolute Gasteiger partial charge is 0.260 e. The summed E-state index contributed by atoms with van der Waals surface area (Å²) in [5, 5.41) is 0. The van der Waals surface area contributed by atoms with Crippen LogP contribution in [0.2, 0.25) is 0 Å². The standard InChI is InChI=1S/C13H17NO4/c1-16-11-3-2-4-12(9-11)18-10-13(15)14-5-7-17-8-6-14/h2-4,9H,5-8,10H2,1H3. The van der Waals surface area contributed by atoms with Gasteiger partial charge in [-0.3, -0.25) is 4.79 Å². The van der Waals surface area contributed by atoms with E-state index in [1.807, 2.05) is 12.1 Å². The van der Waals surface area contributed by atoms with E-state index in [1.165, 1.54) is 0 Å². The molecule has 1 heterocycles. The Morgan fingerprint density at radius 3 is 2.78 bits per heavy atom. The number of amides is 1. The van der Waals surface area contributed by atoms with Crippen LogP contribution < -0.4 is 9.47 Å². The van der Waals surface area contributed by atoms with Gasteiger partial charge < -0.3 is 19.1 Å². The van der Waals surface area contributed by atoms with Crippen LogP contribution in [-0.2, 0) is 9.53 Å². The van der Waals surface area contributed by atoms with Gasteiger partial charge in [0.25, 0.3) is 5.91 Å². The van der Waals surface area contributed by atoms with E-state index in [0.717, 1.165) is 0 Å². The zero-order chi connectivity index (χ0) is 12.8. The van der Waals surface area contributed by atoms with Gasteiger partial charge in [-0.25, -0.2) is 0 Å². The SMILES string of the molecule is COc1cccc(OCC(=O)N2CCOCC2)c1. The third-order valence-corrected chi connectivity index (χ3v) is 2.77. The molecule has 1 aliphatic heterocycles. The zero-order valence-electron chi connectivity index (χ0n) is 10.4. The summed E-state index contributed by atoms with van der Waals surface area (Å²) in [7, 11) is 1.60. The summed E-state index contributed by atoms with van der Waals surface area (Å²) in [6.45, 7) is 2.53. The molecular formula is C13H17NO4. The Bertz CT molecular complexity index is 402. The van der Waals surface area contributed by atoms with E-state index in [-0.39, 0.29) is 12.5 Å². The first kappa shape index (κ1) is 12.7. The van der Waals surface area contributed by atoms with E-state index in [9.17, 15) is 4.79 Å². The molecule has 0 atom stereocenters. The molecule has 0 spiro atoms. The number of carbonyl (C=O) groups excluding carboxylic acids is 1. The molecule has 18 heavy (non-hydrogen) atoms. The van der Waals surface area contributed by atoms with Crippen LogP contribution in [0.3, 0.4) is 0 Å². The van der Waals surface area contributed by atoms with E-state index in [2.05, 4.69) is 0 Å². The van der Waals surface area contributed by atoms with Gasteiger partial charge in [0.2, 0.25) is 0 Å². The molecule has 0 N–H and O–H groups in total. The molecule has 1 saturated heterocycles. The molecule has 0 aromatic heterocycles. The van der Waals surface area contributed by atoms with Crippen LogP contribution in [0, 0.1) is 0 Å². The van der Waals surface area contributed by atoms with Crippen molar-refractivity contribution >= 4 is 5.91 Å². The van der Waals surface area contributed by atoms with Crippen LogP contribution in [0.1, 0.15) is 0 Å². The van der Waals surface area contributed by atoms with Gasteiger partial charge in [-0.05, 0) is 12.1 Å². The van der Waals surface area contributed by atoms with E-state index >= 15 is 0 Å². The van der Waals surface area contributed by atoms with Crippen molar-refractivity contribution in [2.45, 2.75) is 0 Å². The third-order valence-electron chi connectivity index (χ3n) is 2.77. The maximum Gasteiger partial charge on any atom is 0.260 e. The molecule has 0 radical (unpaired) electrons. The molecular weight excluding hydrogens is 234 g/mol. The van der Waals surface area contributed by atoms with Crippen molar-refractivity contribution < 1.29 is 19.0 Å². The summed E-state index contributed by atoms with van der Waals surface area (Å²) in [4.78, 5) is 13.6. The number of carbonyl (C=O) groups is 1. The largest absolute Gasteiger partial charge is 0.497 e. The number of hydrogen-bond acceptors (Lipinski definition) is 4. The highest BCUT2D eigenvalue weighted by molar-refractivity contribution is 5.77. The fourth-order valence-electron chi connectivity index (χ4n) is 1.74. The van der Waals surface area contributed by atoms with Crippen molar-refractivity contribution in [3.63, 3.8) is 0 Å². The number of benzene rings is 1. The van der Waals surface area contributed by atoms with Crippen molar-refractivity contribution in [1.29, 1.82) is 0 Å². The Kier molecular flexibility index (Phi) is 4.41. The first-order chi connectivity index (χ1) is 8.79. The lowest BCUT2D eigenvalue weighted by Gasteiger charge is -2.26. The van der Waals surface area contributed by atoms with E-state index < -0.39 is 0 Å². The minimum absolute atomic E-state index is 0.0129. The quantitative estimate of drug-likeness (QED) is 0.799. The van der Waals surface area contributed by atoms with Gasteiger partial charge in [0, 0.05) is 19.2 Å². The molecule has 0 saturated carbocycles. The summed E-state index contributed by atoms with van der Waals surface area (Å²) < 4.78 is 15.7. The van der Waals surface area contributed by atoms with Gasteiger partial charge in [0.05, 0.1) is 20.3 Å². The number of methoxy groups -OCH3 is 1. The van der Waals surface area contributed by atoms with Gasteiger partial charge >= 0.3 is 0 Å². The summed E-state index contributed by atoms with van der Waals surface area (Å²) in [6, 6.07) is 7.21. The normalized spacial score (nSPS) is 15.3. The summed E-state index contributed by atoms with van der Waals surface area (Å²) >= 11 is 0. The van der Waals surface area contributed by atoms with Gasteiger partial charge in [0.15, 0.2) is 6.61 Å². The topological polar surface area (TPSA) is 48.0 Å². The number of ether oxygens (including phenoxy) is 3. The van der Waals surface area contributed by atoms with Crippen molar-refractivity contribution in [2.75, 3.05) is 40.0 Å². The van der Waals surface area contributed by atoms with Crippen LogP contribution in [0.25, 0.3) is 0 Å². The second kappa shape index (κ2) is 6.26. The van der Waals surface area contributed by atoms with Gasteiger partial charge in [-0.2, -0.15) is 0 Å². The lowest BCUT2D eigenvalue weighted by Crippen LogP contribution is -2.42. The molecule has 98 valence electrons. The van der Waals surface area contributed by atoms with Crippen LogP contribution in [0.15, 0.2) is 24.3 Å².